The standard InChI is InChI=1S/C27H39N5O11/c1-14(33)20(34)25(39)30-19(21(35)17-11-28-13-31(17)2)24(38)29-12-18(43-4)22(36)23(37)26(40)32(3)16(27(41)42)10-15-8-6-5-7-9-15/h5-9,11,13-14,16,18-23,33-37H,10,12H2,1-4H3,(H,29,38)(H,30,39)(H,41,42)/t14-,16-,18-,19+,20+,21+,22-,23-/m0/s1. The number of carbonyl (C=O) groups excluding carboxylic acids is 3. The van der Waals surface area contributed by atoms with E-state index in [0.717, 1.165) is 18.9 Å². The third kappa shape index (κ3) is 9.28. The van der Waals surface area contributed by atoms with Gasteiger partial charge >= 0.3 is 5.97 Å². The van der Waals surface area contributed by atoms with Crippen molar-refractivity contribution < 1.29 is 54.6 Å². The Morgan fingerprint density at radius 2 is 1.65 bits per heavy atom. The van der Waals surface area contributed by atoms with Crippen molar-refractivity contribution in [2.24, 2.45) is 7.05 Å². The highest BCUT2D eigenvalue weighted by atomic mass is 16.5. The number of carbonyl (C=O) groups is 4. The number of aliphatic hydroxyl groups is 5. The van der Waals surface area contributed by atoms with Gasteiger partial charge in [-0.2, -0.15) is 0 Å². The summed E-state index contributed by atoms with van der Waals surface area (Å²) in [5, 5.41) is 65.8. The summed E-state index contributed by atoms with van der Waals surface area (Å²) < 4.78 is 6.53. The van der Waals surface area contributed by atoms with Crippen LogP contribution in [0, 0.1) is 0 Å². The third-order valence-corrected chi connectivity index (χ3v) is 6.89. The van der Waals surface area contributed by atoms with Crippen LogP contribution >= 0.6 is 0 Å². The number of aryl methyl sites for hydroxylation is 1. The molecule has 0 aliphatic rings. The Morgan fingerprint density at radius 1 is 1.02 bits per heavy atom. The fourth-order valence-electron chi connectivity index (χ4n) is 4.16. The van der Waals surface area contributed by atoms with Crippen LogP contribution in [-0.2, 0) is 37.4 Å². The fourth-order valence-corrected chi connectivity index (χ4v) is 4.16. The van der Waals surface area contributed by atoms with E-state index >= 15 is 0 Å². The van der Waals surface area contributed by atoms with Gasteiger partial charge in [0.25, 0.3) is 11.8 Å². The van der Waals surface area contributed by atoms with Crippen LogP contribution in [0.4, 0.5) is 0 Å². The van der Waals surface area contributed by atoms with Crippen molar-refractivity contribution in [2.75, 3.05) is 20.7 Å². The molecule has 0 spiro atoms. The molecule has 3 amide bonds. The number of aromatic nitrogens is 2. The van der Waals surface area contributed by atoms with Gasteiger partial charge in [0, 0.05) is 34.2 Å². The van der Waals surface area contributed by atoms with E-state index in [-0.39, 0.29) is 12.1 Å². The van der Waals surface area contributed by atoms with Crippen molar-refractivity contribution in [1.29, 1.82) is 0 Å². The predicted molar refractivity (Wildman–Crippen MR) is 148 cm³/mol. The van der Waals surface area contributed by atoms with E-state index in [1.54, 1.807) is 30.3 Å². The molecular weight excluding hydrogens is 570 g/mol. The first kappa shape index (κ1) is 35.3. The highest BCUT2D eigenvalue weighted by molar-refractivity contribution is 5.90. The maximum atomic E-state index is 13.1. The minimum Gasteiger partial charge on any atom is -0.480 e. The van der Waals surface area contributed by atoms with Crippen LogP contribution in [0.5, 0.6) is 0 Å². The molecule has 0 unspecified atom stereocenters. The predicted octanol–water partition coefficient (Wildman–Crippen LogP) is -3.31. The maximum absolute atomic E-state index is 13.1. The number of aliphatic hydroxyl groups excluding tert-OH is 5. The maximum Gasteiger partial charge on any atom is 0.326 e. The van der Waals surface area contributed by atoms with Crippen LogP contribution in [0.15, 0.2) is 42.9 Å². The van der Waals surface area contributed by atoms with E-state index in [1.165, 1.54) is 31.2 Å². The molecule has 1 heterocycles. The van der Waals surface area contributed by atoms with Gasteiger partial charge in [-0.3, -0.25) is 14.4 Å². The molecule has 0 bridgehead atoms. The number of likely N-dealkylation sites (N-methyl/N-ethyl adjacent to an activating group) is 1. The minimum atomic E-state index is -2.15. The highest BCUT2D eigenvalue weighted by Gasteiger charge is 2.39. The summed E-state index contributed by atoms with van der Waals surface area (Å²) in [5.74, 6) is -4.63. The average Bonchev–Trinajstić information content (AvgIpc) is 3.42. The second kappa shape index (κ2) is 16.1. The number of carboxylic acid groups (broad SMARTS) is 1. The van der Waals surface area contributed by atoms with Crippen molar-refractivity contribution in [2.45, 2.75) is 62.1 Å². The first-order valence-corrected chi connectivity index (χ1v) is 13.2. The molecule has 1 aromatic heterocycles. The van der Waals surface area contributed by atoms with E-state index in [2.05, 4.69) is 15.6 Å². The number of rotatable bonds is 16. The average molecular weight is 610 g/mol. The molecule has 16 nitrogen and oxygen atoms in total. The third-order valence-electron chi connectivity index (χ3n) is 6.89. The number of aliphatic carboxylic acids is 1. The van der Waals surface area contributed by atoms with Crippen LogP contribution in [0.2, 0.25) is 0 Å². The van der Waals surface area contributed by atoms with Gasteiger partial charge in [0.2, 0.25) is 5.91 Å². The molecule has 8 atom stereocenters. The molecule has 0 radical (unpaired) electrons. The quantitative estimate of drug-likeness (QED) is 0.0932. The molecule has 8 N–H and O–H groups in total. The van der Waals surface area contributed by atoms with Crippen LogP contribution in [-0.4, -0.2) is 132 Å². The molecule has 0 saturated carbocycles. The summed E-state index contributed by atoms with van der Waals surface area (Å²) in [7, 11) is 3.81. The van der Waals surface area contributed by atoms with Gasteiger partial charge < -0.3 is 55.5 Å². The Bertz CT molecular complexity index is 1220. The lowest BCUT2D eigenvalue weighted by atomic mass is 10.0. The van der Waals surface area contributed by atoms with Gasteiger partial charge in [-0.25, -0.2) is 9.78 Å². The number of ether oxygens (including phenoxy) is 1. The molecule has 16 heteroatoms. The molecule has 2 rings (SSSR count). The van der Waals surface area contributed by atoms with Gasteiger partial charge in [0.1, 0.15) is 30.4 Å². The smallest absolute Gasteiger partial charge is 0.326 e. The van der Waals surface area contributed by atoms with Gasteiger partial charge in [0.15, 0.2) is 12.2 Å². The summed E-state index contributed by atoms with van der Waals surface area (Å²) in [4.78, 5) is 55.0. The number of hydrogen-bond donors (Lipinski definition) is 8. The van der Waals surface area contributed by atoms with E-state index in [1.807, 2.05) is 0 Å². The molecule has 0 fully saturated rings. The van der Waals surface area contributed by atoms with E-state index < -0.39 is 78.9 Å². The Hall–Kier alpha value is -3.93. The molecule has 43 heavy (non-hydrogen) atoms. The lowest BCUT2D eigenvalue weighted by Gasteiger charge is -2.31. The van der Waals surface area contributed by atoms with E-state index in [4.69, 9.17) is 4.74 Å². The molecule has 1 aromatic carbocycles. The number of nitrogens with zero attached hydrogens (tertiary/aromatic N) is 3. The number of benzene rings is 1. The largest absolute Gasteiger partial charge is 0.480 e. The van der Waals surface area contributed by atoms with Crippen LogP contribution in [0.1, 0.15) is 24.3 Å². The Kier molecular flexibility index (Phi) is 13.2. The van der Waals surface area contributed by atoms with E-state index in [9.17, 15) is 49.8 Å². The normalized spacial score (nSPS) is 17.0. The zero-order chi connectivity index (χ0) is 32.4. The summed E-state index contributed by atoms with van der Waals surface area (Å²) in [6, 6.07) is 5.40. The summed E-state index contributed by atoms with van der Waals surface area (Å²) in [5.41, 5.74) is 0.737. The first-order chi connectivity index (χ1) is 20.2. The molecule has 0 aliphatic heterocycles. The second-order valence-corrected chi connectivity index (χ2v) is 9.99. The lowest BCUT2D eigenvalue weighted by molar-refractivity contribution is -0.160. The Morgan fingerprint density at radius 3 is 2.16 bits per heavy atom. The van der Waals surface area contributed by atoms with Crippen molar-refractivity contribution in [3.63, 3.8) is 0 Å². The number of carboxylic acids is 1. The van der Waals surface area contributed by atoms with Crippen LogP contribution < -0.4 is 10.6 Å². The lowest BCUT2D eigenvalue weighted by Crippen LogP contribution is -2.57. The van der Waals surface area contributed by atoms with Crippen molar-refractivity contribution in [3.8, 4) is 0 Å². The number of imidazole rings is 1. The monoisotopic (exact) mass is 609 g/mol. The highest BCUT2D eigenvalue weighted by Crippen LogP contribution is 2.17. The van der Waals surface area contributed by atoms with Crippen molar-refractivity contribution in [3.05, 3.63) is 54.1 Å². The summed E-state index contributed by atoms with van der Waals surface area (Å²) in [6.45, 7) is 0.603. The number of amides is 3. The molecule has 2 aromatic rings. The molecule has 0 saturated heterocycles. The van der Waals surface area contributed by atoms with Crippen molar-refractivity contribution in [1.82, 2.24) is 25.1 Å². The molecular formula is C27H39N5O11. The summed E-state index contributed by atoms with van der Waals surface area (Å²) >= 11 is 0. The molecule has 238 valence electrons. The number of hydrogen-bond acceptors (Lipinski definition) is 11. The number of methoxy groups -OCH3 is 1. The second-order valence-electron chi connectivity index (χ2n) is 9.99. The van der Waals surface area contributed by atoms with Gasteiger partial charge in [0.05, 0.1) is 24.3 Å². The Labute approximate surface area is 247 Å². The topological polar surface area (TPSA) is 244 Å². The fraction of sp³-hybridized carbons (Fsp3) is 0.519. The Balaban J connectivity index is 2.15. The van der Waals surface area contributed by atoms with E-state index in [0.29, 0.717) is 5.56 Å². The molecule has 0 aliphatic carbocycles. The van der Waals surface area contributed by atoms with Crippen LogP contribution in [0.3, 0.4) is 0 Å². The first-order valence-electron chi connectivity index (χ1n) is 13.2. The van der Waals surface area contributed by atoms with Gasteiger partial charge in [-0.05, 0) is 12.5 Å². The zero-order valence-electron chi connectivity index (χ0n) is 24.1. The van der Waals surface area contributed by atoms with Gasteiger partial charge in [-0.15, -0.1) is 0 Å². The summed E-state index contributed by atoms with van der Waals surface area (Å²) in [6.07, 6.45) is -8.09. The minimum absolute atomic E-state index is 0.0686. The SMILES string of the molecule is CO[C@@H](CNC(=O)[C@H](NC(=O)[C@H](O)[C@H](C)O)[C@H](O)c1cncn1C)[C@H](O)[C@H](O)C(=O)N(C)[C@@H](Cc1ccccc1)C(=O)O. The zero-order valence-corrected chi connectivity index (χ0v) is 24.1. The number of nitrogens with one attached hydrogen (secondary N) is 2. The van der Waals surface area contributed by atoms with Crippen LogP contribution in [0.25, 0.3) is 0 Å². The van der Waals surface area contributed by atoms with Crippen molar-refractivity contribution >= 4 is 23.7 Å². The van der Waals surface area contributed by atoms with Gasteiger partial charge in [-0.1, -0.05) is 30.3 Å².